The van der Waals surface area contributed by atoms with Gasteiger partial charge >= 0.3 is 0 Å². The first-order chi connectivity index (χ1) is 6.40. The molecule has 1 aliphatic heterocycles. The maximum atomic E-state index is 10.5. The number of nitrogens with one attached hydrogen (secondary N) is 1. The average Bonchev–Trinajstić information content (AvgIpc) is 2.41. The number of anilines is 1. The molecular weight excluding hydrogens is 182 g/mol. The molecule has 0 amide bonds. The van der Waals surface area contributed by atoms with E-state index in [9.17, 15) is 4.79 Å². The van der Waals surface area contributed by atoms with Crippen LogP contribution in [0.5, 0.6) is 0 Å². The van der Waals surface area contributed by atoms with Gasteiger partial charge in [0.15, 0.2) is 0 Å². The van der Waals surface area contributed by atoms with Gasteiger partial charge in [-0.2, -0.15) is 0 Å². The summed E-state index contributed by atoms with van der Waals surface area (Å²) in [6.07, 6.45) is 2.06. The maximum absolute atomic E-state index is 10.5. The van der Waals surface area contributed by atoms with Gasteiger partial charge in [0.2, 0.25) is 0 Å². The molecule has 0 atom stereocenters. The molecule has 0 bridgehead atoms. The Bertz CT molecular complexity index is 325. The first-order valence-corrected chi connectivity index (χ1v) is 5.34. The molecule has 1 heterocycles. The molecule has 68 valence electrons. The minimum atomic E-state index is 0.744. The Hall–Kier alpha value is -0.960. The third kappa shape index (κ3) is 1.86. The summed E-state index contributed by atoms with van der Waals surface area (Å²) < 4.78 is 0. The van der Waals surface area contributed by atoms with E-state index >= 15 is 0 Å². The summed E-state index contributed by atoms with van der Waals surface area (Å²) in [6.45, 7) is 1.00. The molecule has 1 N–H and O–H groups in total. The molecule has 2 nitrogen and oxygen atoms in total. The van der Waals surface area contributed by atoms with Crippen LogP contribution < -0.4 is 5.32 Å². The number of thioether (sulfide) groups is 1. The fourth-order valence-corrected chi connectivity index (χ4v) is 2.32. The highest BCUT2D eigenvalue weighted by Crippen LogP contribution is 2.30. The lowest BCUT2D eigenvalue weighted by atomic mass is 10.2. The van der Waals surface area contributed by atoms with Crippen molar-refractivity contribution in [1.29, 1.82) is 0 Å². The average molecular weight is 193 g/mol. The van der Waals surface area contributed by atoms with Gasteiger partial charge in [0, 0.05) is 22.7 Å². The Morgan fingerprint density at radius 3 is 3.23 bits per heavy atom. The molecule has 0 radical (unpaired) electrons. The number of fused-ring (bicyclic) bond motifs is 1. The van der Waals surface area contributed by atoms with Crippen LogP contribution in [-0.4, -0.2) is 18.6 Å². The fourth-order valence-electron chi connectivity index (χ4n) is 1.36. The molecule has 1 aliphatic rings. The first-order valence-electron chi connectivity index (χ1n) is 4.36. The van der Waals surface area contributed by atoms with Gasteiger partial charge in [-0.1, -0.05) is 6.07 Å². The van der Waals surface area contributed by atoms with Crippen molar-refractivity contribution < 1.29 is 4.79 Å². The topological polar surface area (TPSA) is 29.1 Å². The van der Waals surface area contributed by atoms with Crippen molar-refractivity contribution in [2.45, 2.75) is 11.3 Å². The van der Waals surface area contributed by atoms with E-state index in [0.29, 0.717) is 0 Å². The molecular formula is C10H11NOS. The van der Waals surface area contributed by atoms with Crippen LogP contribution in [0.2, 0.25) is 0 Å². The fraction of sp³-hybridized carbons (Fsp3) is 0.300. The zero-order chi connectivity index (χ0) is 9.10. The van der Waals surface area contributed by atoms with Crippen molar-refractivity contribution in [2.75, 3.05) is 17.6 Å². The SMILES string of the molecule is O=Cc1ccc2c(c1)NCCCS2. The third-order valence-electron chi connectivity index (χ3n) is 2.03. The van der Waals surface area contributed by atoms with Crippen LogP contribution in [0.3, 0.4) is 0 Å². The Morgan fingerprint density at radius 2 is 2.38 bits per heavy atom. The molecule has 0 aliphatic carbocycles. The van der Waals surface area contributed by atoms with Crippen molar-refractivity contribution in [1.82, 2.24) is 0 Å². The number of aldehydes is 1. The Labute approximate surface area is 81.7 Å². The minimum Gasteiger partial charge on any atom is -0.384 e. The van der Waals surface area contributed by atoms with E-state index in [-0.39, 0.29) is 0 Å². The number of carbonyl (C=O) groups is 1. The Kier molecular flexibility index (Phi) is 2.54. The largest absolute Gasteiger partial charge is 0.384 e. The number of carbonyl (C=O) groups excluding carboxylic acids is 1. The molecule has 1 aromatic carbocycles. The molecule has 0 unspecified atom stereocenters. The van der Waals surface area contributed by atoms with Crippen molar-refractivity contribution in [3.63, 3.8) is 0 Å². The van der Waals surface area contributed by atoms with Gasteiger partial charge in [-0.05, 0) is 24.3 Å². The van der Waals surface area contributed by atoms with Crippen LogP contribution in [0.1, 0.15) is 16.8 Å². The maximum Gasteiger partial charge on any atom is 0.150 e. The van der Waals surface area contributed by atoms with Crippen molar-refractivity contribution in [2.24, 2.45) is 0 Å². The predicted molar refractivity (Wildman–Crippen MR) is 55.7 cm³/mol. The molecule has 1 aromatic rings. The Balaban J connectivity index is 2.37. The van der Waals surface area contributed by atoms with Crippen LogP contribution in [0, 0.1) is 0 Å². The van der Waals surface area contributed by atoms with Crippen LogP contribution in [-0.2, 0) is 0 Å². The highest BCUT2D eigenvalue weighted by atomic mass is 32.2. The highest BCUT2D eigenvalue weighted by Gasteiger charge is 2.07. The predicted octanol–water partition coefficient (Wildman–Crippen LogP) is 2.41. The number of rotatable bonds is 1. The van der Waals surface area contributed by atoms with Gasteiger partial charge < -0.3 is 5.32 Å². The second kappa shape index (κ2) is 3.83. The van der Waals surface area contributed by atoms with Crippen LogP contribution in [0.15, 0.2) is 23.1 Å². The van der Waals surface area contributed by atoms with E-state index in [2.05, 4.69) is 5.32 Å². The molecule has 0 fully saturated rings. The molecule has 0 saturated carbocycles. The summed E-state index contributed by atoms with van der Waals surface area (Å²) in [5.74, 6) is 1.15. The molecule has 0 aromatic heterocycles. The lowest BCUT2D eigenvalue weighted by Gasteiger charge is -2.06. The lowest BCUT2D eigenvalue weighted by molar-refractivity contribution is 0.112. The number of hydrogen-bond donors (Lipinski definition) is 1. The van der Waals surface area contributed by atoms with Crippen LogP contribution in [0.25, 0.3) is 0 Å². The molecule has 0 spiro atoms. The standard InChI is InChI=1S/C10H11NOS/c12-7-8-2-3-10-9(6-8)11-4-1-5-13-10/h2-3,6-7,11H,1,4-5H2. The lowest BCUT2D eigenvalue weighted by Crippen LogP contribution is -2.00. The zero-order valence-electron chi connectivity index (χ0n) is 7.25. The summed E-state index contributed by atoms with van der Waals surface area (Å²) in [4.78, 5) is 11.8. The Morgan fingerprint density at radius 1 is 1.46 bits per heavy atom. The van der Waals surface area contributed by atoms with Crippen LogP contribution in [0.4, 0.5) is 5.69 Å². The van der Waals surface area contributed by atoms with Crippen molar-refractivity contribution in [3.8, 4) is 0 Å². The van der Waals surface area contributed by atoms with Gasteiger partial charge in [-0.25, -0.2) is 0 Å². The van der Waals surface area contributed by atoms with E-state index < -0.39 is 0 Å². The summed E-state index contributed by atoms with van der Waals surface area (Å²) >= 11 is 1.85. The van der Waals surface area contributed by atoms with Gasteiger partial charge in [-0.3, -0.25) is 4.79 Å². The van der Waals surface area contributed by atoms with Crippen LogP contribution >= 0.6 is 11.8 Å². The summed E-state index contributed by atoms with van der Waals surface area (Å²) in [5, 5.41) is 3.32. The molecule has 13 heavy (non-hydrogen) atoms. The van der Waals surface area contributed by atoms with Crippen molar-refractivity contribution in [3.05, 3.63) is 23.8 Å². The molecule has 3 heteroatoms. The van der Waals surface area contributed by atoms with E-state index in [4.69, 9.17) is 0 Å². The monoisotopic (exact) mass is 193 g/mol. The zero-order valence-corrected chi connectivity index (χ0v) is 8.06. The van der Waals surface area contributed by atoms with Gasteiger partial charge in [0.1, 0.15) is 6.29 Å². The van der Waals surface area contributed by atoms with E-state index in [0.717, 1.165) is 29.8 Å². The van der Waals surface area contributed by atoms with Gasteiger partial charge in [0.05, 0.1) is 0 Å². The van der Waals surface area contributed by atoms with Gasteiger partial charge in [-0.15, -0.1) is 11.8 Å². The summed E-state index contributed by atoms with van der Waals surface area (Å²) in [5.41, 5.74) is 1.85. The summed E-state index contributed by atoms with van der Waals surface area (Å²) in [6, 6.07) is 5.80. The molecule has 0 saturated heterocycles. The van der Waals surface area contributed by atoms with E-state index in [1.54, 1.807) is 0 Å². The number of benzene rings is 1. The van der Waals surface area contributed by atoms with E-state index in [1.165, 1.54) is 11.3 Å². The van der Waals surface area contributed by atoms with Gasteiger partial charge in [0.25, 0.3) is 0 Å². The van der Waals surface area contributed by atoms with Crippen molar-refractivity contribution >= 4 is 23.7 Å². The summed E-state index contributed by atoms with van der Waals surface area (Å²) in [7, 11) is 0. The van der Waals surface area contributed by atoms with E-state index in [1.807, 2.05) is 30.0 Å². The highest BCUT2D eigenvalue weighted by molar-refractivity contribution is 7.99. The second-order valence-corrected chi connectivity index (χ2v) is 4.14. The second-order valence-electron chi connectivity index (χ2n) is 3.00. The smallest absolute Gasteiger partial charge is 0.150 e. The molecule has 2 rings (SSSR count). The minimum absolute atomic E-state index is 0.744. The normalized spacial score (nSPS) is 15.4. The number of hydrogen-bond acceptors (Lipinski definition) is 3. The third-order valence-corrected chi connectivity index (χ3v) is 3.19. The quantitative estimate of drug-likeness (QED) is 0.694. The first kappa shape index (κ1) is 8.63.